The smallest absolute Gasteiger partial charge is 0.326 e. The number of benzene rings is 1. The Morgan fingerprint density at radius 3 is 2.56 bits per heavy atom. The van der Waals surface area contributed by atoms with Crippen molar-refractivity contribution >= 4 is 27.6 Å². The molecule has 7 heteroatoms. The van der Waals surface area contributed by atoms with Crippen LogP contribution in [0.4, 0.5) is 24.8 Å². The number of alkyl halides is 3. The molecule has 18 heavy (non-hydrogen) atoms. The normalized spacial score (nSPS) is 11.6. The fourth-order valence-electron chi connectivity index (χ4n) is 1.44. The number of rotatable bonds is 2. The standard InChI is InChI=1S/C11H9BrF3N3/c1-18-3-2-16-10(18)17-9-5-7(11(13,14)15)4-8(12)6-9/h2-6H,1H3,(H,16,17). The molecule has 0 aliphatic rings. The second-order valence-corrected chi connectivity index (χ2v) is 4.63. The van der Waals surface area contributed by atoms with E-state index in [2.05, 4.69) is 26.2 Å². The predicted molar refractivity (Wildman–Crippen MR) is 65.6 cm³/mol. The van der Waals surface area contributed by atoms with E-state index in [4.69, 9.17) is 0 Å². The van der Waals surface area contributed by atoms with Crippen LogP contribution in [0.25, 0.3) is 0 Å². The van der Waals surface area contributed by atoms with E-state index in [1.54, 1.807) is 30.1 Å². The second kappa shape index (κ2) is 4.64. The van der Waals surface area contributed by atoms with Gasteiger partial charge in [0.1, 0.15) is 0 Å². The molecule has 0 saturated heterocycles. The average Bonchev–Trinajstić information content (AvgIpc) is 2.62. The second-order valence-electron chi connectivity index (χ2n) is 3.71. The monoisotopic (exact) mass is 319 g/mol. The van der Waals surface area contributed by atoms with Gasteiger partial charge in [0.2, 0.25) is 5.95 Å². The Morgan fingerprint density at radius 2 is 2.00 bits per heavy atom. The van der Waals surface area contributed by atoms with Gasteiger partial charge in [0.05, 0.1) is 5.56 Å². The summed E-state index contributed by atoms with van der Waals surface area (Å²) in [6.07, 6.45) is -1.11. The molecule has 3 nitrogen and oxygen atoms in total. The van der Waals surface area contributed by atoms with E-state index in [0.717, 1.165) is 12.1 Å². The van der Waals surface area contributed by atoms with Crippen molar-refractivity contribution in [3.05, 3.63) is 40.6 Å². The van der Waals surface area contributed by atoms with Gasteiger partial charge in [-0.3, -0.25) is 0 Å². The molecule has 2 aromatic rings. The summed E-state index contributed by atoms with van der Waals surface area (Å²) in [6, 6.07) is 3.63. The Morgan fingerprint density at radius 1 is 1.28 bits per heavy atom. The zero-order valence-corrected chi connectivity index (χ0v) is 10.9. The number of hydrogen-bond acceptors (Lipinski definition) is 2. The Balaban J connectivity index is 2.35. The quantitative estimate of drug-likeness (QED) is 0.908. The first kappa shape index (κ1) is 12.9. The van der Waals surface area contributed by atoms with Gasteiger partial charge in [0.25, 0.3) is 0 Å². The Bertz CT molecular complexity index is 563. The number of anilines is 2. The number of halogens is 4. The Kier molecular flexibility index (Phi) is 3.34. The lowest BCUT2D eigenvalue weighted by Crippen LogP contribution is -2.06. The summed E-state index contributed by atoms with van der Waals surface area (Å²) in [5.41, 5.74) is -0.389. The van der Waals surface area contributed by atoms with Crippen LogP contribution in [0.1, 0.15) is 5.56 Å². The highest BCUT2D eigenvalue weighted by Crippen LogP contribution is 2.33. The van der Waals surface area contributed by atoms with Gasteiger partial charge in [-0.2, -0.15) is 13.2 Å². The Labute approximate surface area is 110 Å². The van der Waals surface area contributed by atoms with Crippen LogP contribution in [-0.4, -0.2) is 9.55 Å². The van der Waals surface area contributed by atoms with Crippen LogP contribution in [0.3, 0.4) is 0 Å². The van der Waals surface area contributed by atoms with Crippen molar-refractivity contribution in [3.8, 4) is 0 Å². The van der Waals surface area contributed by atoms with E-state index < -0.39 is 11.7 Å². The van der Waals surface area contributed by atoms with Crippen molar-refractivity contribution in [2.45, 2.75) is 6.18 Å². The van der Waals surface area contributed by atoms with E-state index in [1.165, 1.54) is 0 Å². The van der Waals surface area contributed by atoms with Gasteiger partial charge in [0.15, 0.2) is 0 Å². The maximum atomic E-state index is 12.6. The summed E-state index contributed by atoms with van der Waals surface area (Å²) in [5.74, 6) is 0.473. The van der Waals surface area contributed by atoms with Crippen molar-refractivity contribution < 1.29 is 13.2 Å². The van der Waals surface area contributed by atoms with Crippen molar-refractivity contribution in [1.82, 2.24) is 9.55 Å². The van der Waals surface area contributed by atoms with Gasteiger partial charge >= 0.3 is 6.18 Å². The number of hydrogen-bond donors (Lipinski definition) is 1. The molecular formula is C11H9BrF3N3. The summed E-state index contributed by atoms with van der Waals surface area (Å²) >= 11 is 3.06. The predicted octanol–water partition coefficient (Wildman–Crippen LogP) is 3.95. The van der Waals surface area contributed by atoms with Crippen LogP contribution in [0.5, 0.6) is 0 Å². The lowest BCUT2D eigenvalue weighted by atomic mass is 10.2. The van der Waals surface area contributed by atoms with Crippen LogP contribution < -0.4 is 5.32 Å². The lowest BCUT2D eigenvalue weighted by molar-refractivity contribution is -0.137. The van der Waals surface area contributed by atoms with Gasteiger partial charge in [-0.15, -0.1) is 0 Å². The number of nitrogens with zero attached hydrogens (tertiary/aromatic N) is 2. The first-order valence-corrected chi connectivity index (χ1v) is 5.78. The van der Waals surface area contributed by atoms with Gasteiger partial charge < -0.3 is 9.88 Å². The lowest BCUT2D eigenvalue weighted by Gasteiger charge is -2.11. The first-order chi connectivity index (χ1) is 8.36. The minimum atomic E-state index is -4.37. The largest absolute Gasteiger partial charge is 0.416 e. The average molecular weight is 320 g/mol. The van der Waals surface area contributed by atoms with Crippen LogP contribution in [-0.2, 0) is 13.2 Å². The van der Waals surface area contributed by atoms with Gasteiger partial charge in [-0.1, -0.05) is 15.9 Å². The molecule has 96 valence electrons. The molecule has 1 aromatic carbocycles. The van der Waals surface area contributed by atoms with E-state index in [9.17, 15) is 13.2 Å². The molecule has 2 rings (SSSR count). The summed E-state index contributed by atoms with van der Waals surface area (Å²) in [6.45, 7) is 0. The number of nitrogens with one attached hydrogen (secondary N) is 1. The maximum Gasteiger partial charge on any atom is 0.416 e. The third-order valence-corrected chi connectivity index (χ3v) is 2.76. The molecule has 0 aliphatic heterocycles. The molecule has 1 heterocycles. The molecule has 1 aromatic heterocycles. The molecule has 0 unspecified atom stereocenters. The summed E-state index contributed by atoms with van der Waals surface area (Å²) in [7, 11) is 1.75. The summed E-state index contributed by atoms with van der Waals surface area (Å²) in [5, 5.41) is 2.83. The third-order valence-electron chi connectivity index (χ3n) is 2.30. The van der Waals surface area contributed by atoms with E-state index in [1.807, 2.05) is 0 Å². The van der Waals surface area contributed by atoms with Crippen molar-refractivity contribution in [2.24, 2.45) is 7.05 Å². The highest BCUT2D eigenvalue weighted by molar-refractivity contribution is 9.10. The first-order valence-electron chi connectivity index (χ1n) is 4.98. The molecule has 0 aliphatic carbocycles. The Hall–Kier alpha value is -1.50. The maximum absolute atomic E-state index is 12.6. The zero-order chi connectivity index (χ0) is 13.3. The van der Waals surface area contributed by atoms with Crippen molar-refractivity contribution in [1.29, 1.82) is 0 Å². The highest BCUT2D eigenvalue weighted by atomic mass is 79.9. The number of aromatic nitrogens is 2. The minimum absolute atomic E-state index is 0.325. The van der Waals surface area contributed by atoms with Gasteiger partial charge in [-0.05, 0) is 18.2 Å². The molecule has 1 N–H and O–H groups in total. The molecule has 0 fully saturated rings. The van der Waals surface area contributed by atoms with Crippen LogP contribution in [0.2, 0.25) is 0 Å². The molecule has 0 amide bonds. The van der Waals surface area contributed by atoms with E-state index in [-0.39, 0.29) is 0 Å². The van der Waals surface area contributed by atoms with E-state index in [0.29, 0.717) is 16.1 Å². The molecule has 0 spiro atoms. The van der Waals surface area contributed by atoms with Gasteiger partial charge in [-0.25, -0.2) is 4.98 Å². The SMILES string of the molecule is Cn1ccnc1Nc1cc(Br)cc(C(F)(F)F)c1. The molecule has 0 atom stereocenters. The highest BCUT2D eigenvalue weighted by Gasteiger charge is 2.31. The van der Waals surface area contributed by atoms with Crippen LogP contribution in [0, 0.1) is 0 Å². The van der Waals surface area contributed by atoms with Crippen molar-refractivity contribution in [3.63, 3.8) is 0 Å². The zero-order valence-electron chi connectivity index (χ0n) is 9.29. The number of imidazole rings is 1. The fourth-order valence-corrected chi connectivity index (χ4v) is 1.93. The molecule has 0 radical (unpaired) electrons. The van der Waals surface area contributed by atoms with E-state index >= 15 is 0 Å². The topological polar surface area (TPSA) is 29.9 Å². The van der Waals surface area contributed by atoms with Crippen molar-refractivity contribution in [2.75, 3.05) is 5.32 Å². The molecule has 0 saturated carbocycles. The summed E-state index contributed by atoms with van der Waals surface area (Å²) < 4.78 is 39.9. The van der Waals surface area contributed by atoms with Crippen LogP contribution >= 0.6 is 15.9 Å². The van der Waals surface area contributed by atoms with Crippen LogP contribution in [0.15, 0.2) is 35.1 Å². The fraction of sp³-hybridized carbons (Fsp3) is 0.182. The summed E-state index contributed by atoms with van der Waals surface area (Å²) in [4.78, 5) is 3.99. The third kappa shape index (κ3) is 2.84. The molecule has 0 bridgehead atoms. The number of aryl methyl sites for hydroxylation is 1. The van der Waals surface area contributed by atoms with Gasteiger partial charge in [0, 0.05) is 29.6 Å². The molecular weight excluding hydrogens is 311 g/mol. The minimum Gasteiger partial charge on any atom is -0.326 e.